The molecular formula is C36H37ClF4N8O3. The van der Waals surface area contributed by atoms with Crippen LogP contribution in [-0.4, -0.2) is 60.0 Å². The Morgan fingerprint density at radius 1 is 1.06 bits per heavy atom. The van der Waals surface area contributed by atoms with E-state index in [0.717, 1.165) is 13.3 Å². The number of halogens is 5. The molecule has 1 amide bonds. The molecule has 2 atom stereocenters. The second-order valence-electron chi connectivity index (χ2n) is 14.5. The summed E-state index contributed by atoms with van der Waals surface area (Å²) in [6.45, 7) is 3.10. The molecule has 274 valence electrons. The van der Waals surface area contributed by atoms with Gasteiger partial charge in [-0.3, -0.25) is 19.1 Å². The first-order chi connectivity index (χ1) is 24.4. The molecule has 1 aliphatic heterocycles. The molecular weight excluding hydrogens is 704 g/mol. The number of carbonyl (C=O) groups is 2. The summed E-state index contributed by atoms with van der Waals surface area (Å²) in [6, 6.07) is 11.9. The molecule has 0 radical (unpaired) electrons. The molecule has 52 heavy (non-hydrogen) atoms. The zero-order valence-corrected chi connectivity index (χ0v) is 29.6. The number of hydrogen-bond acceptors (Lipinski definition) is 9. The van der Waals surface area contributed by atoms with Gasteiger partial charge in [-0.15, -0.1) is 10.2 Å². The molecule has 3 heterocycles. The minimum absolute atomic E-state index is 0.0502. The maximum atomic E-state index is 14.9. The number of amides is 1. The maximum absolute atomic E-state index is 14.9. The van der Waals surface area contributed by atoms with Crippen LogP contribution in [-0.2, 0) is 19.9 Å². The first-order valence-corrected chi connectivity index (χ1v) is 16.9. The smallest absolute Gasteiger partial charge is 0.321 e. The van der Waals surface area contributed by atoms with E-state index in [0.29, 0.717) is 21.5 Å². The van der Waals surface area contributed by atoms with E-state index in [2.05, 4.69) is 20.2 Å². The van der Waals surface area contributed by atoms with E-state index < -0.39 is 59.8 Å². The van der Waals surface area contributed by atoms with Crippen molar-refractivity contribution in [1.29, 1.82) is 0 Å². The van der Waals surface area contributed by atoms with Gasteiger partial charge in [0.2, 0.25) is 0 Å². The van der Waals surface area contributed by atoms with Crippen LogP contribution in [0, 0.1) is 10.8 Å². The zero-order valence-electron chi connectivity index (χ0n) is 28.9. The molecule has 0 bridgehead atoms. The lowest BCUT2D eigenvalue weighted by molar-refractivity contribution is -0.153. The lowest BCUT2D eigenvalue weighted by Gasteiger charge is -2.35. The number of aromatic nitrogens is 5. The average Bonchev–Trinajstić information content (AvgIpc) is 3.63. The summed E-state index contributed by atoms with van der Waals surface area (Å²) in [4.78, 5) is 42.6. The highest BCUT2D eigenvalue weighted by atomic mass is 35.5. The van der Waals surface area contributed by atoms with Crippen molar-refractivity contribution < 1.29 is 31.9 Å². The molecule has 0 unspecified atom stereocenters. The molecule has 1 saturated carbocycles. The fourth-order valence-electron chi connectivity index (χ4n) is 6.66. The number of nitrogens with zero attached hydrogens (tertiary/aromatic N) is 7. The molecule has 6 rings (SSSR count). The van der Waals surface area contributed by atoms with Gasteiger partial charge in [-0.25, -0.2) is 23.7 Å². The molecule has 4 aromatic rings. The summed E-state index contributed by atoms with van der Waals surface area (Å²) in [5, 5.41) is 7.48. The molecule has 16 heteroatoms. The number of alkyl halides is 4. The molecule has 1 fully saturated rings. The Hall–Kier alpha value is -4.92. The first kappa shape index (κ1) is 36.9. The van der Waals surface area contributed by atoms with E-state index in [-0.39, 0.29) is 47.2 Å². The Morgan fingerprint density at radius 2 is 1.73 bits per heavy atom. The molecule has 2 aromatic carbocycles. The predicted molar refractivity (Wildman–Crippen MR) is 184 cm³/mol. The highest BCUT2D eigenvalue weighted by Gasteiger charge is 2.60. The third kappa shape index (κ3) is 7.10. The van der Waals surface area contributed by atoms with Crippen molar-refractivity contribution in [1.82, 2.24) is 29.6 Å². The molecule has 2 aromatic heterocycles. The molecule has 11 nitrogen and oxygen atoms in total. The van der Waals surface area contributed by atoms with Crippen molar-refractivity contribution in [2.75, 3.05) is 6.61 Å². The van der Waals surface area contributed by atoms with Crippen LogP contribution in [0.1, 0.15) is 77.1 Å². The lowest BCUT2D eigenvalue weighted by Crippen LogP contribution is -2.47. The Labute approximate surface area is 302 Å². The van der Waals surface area contributed by atoms with Gasteiger partial charge in [0.1, 0.15) is 12.9 Å². The van der Waals surface area contributed by atoms with E-state index in [9.17, 15) is 27.2 Å². The van der Waals surface area contributed by atoms with E-state index in [1.165, 1.54) is 23.1 Å². The van der Waals surface area contributed by atoms with Crippen molar-refractivity contribution >= 4 is 29.4 Å². The standard InChI is InChI=1S/C36H37ClF4N8O3/c1-33(2,3)19-36(23-9-6-21(7-10-23)28-43-14-5-15-44-28)30(51)49(32(42)46-36)26(18-52-27(50)17-35(12-13-35)34(4,40)41)22-8-11-25(37)24(16-22)29-47-45-20-48(29)31(38)39/h5-11,14-16,20,26,31H,12-13,17-19H2,1-4H3,(H2,42,46)/t26-,36-/m1/s1. The van der Waals surface area contributed by atoms with Crippen LogP contribution >= 0.6 is 11.6 Å². The Bertz CT molecular complexity index is 1990. The lowest BCUT2D eigenvalue weighted by atomic mass is 9.75. The van der Waals surface area contributed by atoms with Crippen molar-refractivity contribution in [3.05, 3.63) is 83.4 Å². The third-order valence-electron chi connectivity index (χ3n) is 9.48. The number of nitrogens with two attached hydrogens (primary N) is 1. The Morgan fingerprint density at radius 3 is 2.33 bits per heavy atom. The maximum Gasteiger partial charge on any atom is 0.321 e. The van der Waals surface area contributed by atoms with Crippen LogP contribution in [0.2, 0.25) is 5.02 Å². The van der Waals surface area contributed by atoms with Gasteiger partial charge in [0.25, 0.3) is 11.8 Å². The summed E-state index contributed by atoms with van der Waals surface area (Å²) in [7, 11) is 0. The summed E-state index contributed by atoms with van der Waals surface area (Å²) >= 11 is 6.47. The van der Waals surface area contributed by atoms with Crippen LogP contribution in [0.4, 0.5) is 17.6 Å². The third-order valence-corrected chi connectivity index (χ3v) is 9.81. The molecule has 2 N–H and O–H groups in total. The Balaban J connectivity index is 1.41. The molecule has 1 aliphatic carbocycles. The summed E-state index contributed by atoms with van der Waals surface area (Å²) in [6.07, 6.45) is 4.09. The van der Waals surface area contributed by atoms with Gasteiger partial charge in [-0.05, 0) is 60.9 Å². The topological polar surface area (TPSA) is 141 Å². The number of ether oxygens (including phenoxy) is 1. The van der Waals surface area contributed by atoms with Crippen LogP contribution in [0.5, 0.6) is 0 Å². The number of esters is 1. The monoisotopic (exact) mass is 740 g/mol. The number of benzene rings is 2. The SMILES string of the molecule is CC(C)(C)C[C@]1(c2ccc(-c3ncccn3)cc2)N=C(N)N([C@H](COC(=O)CC2(C(C)(F)F)CC2)c2ccc(Cl)c(-c3nncn3C(F)F)c2)C1=O. The number of carbonyl (C=O) groups excluding carboxylic acids is 2. The van der Waals surface area contributed by atoms with Crippen molar-refractivity contribution in [3.8, 4) is 22.8 Å². The quantitative estimate of drug-likeness (QED) is 0.117. The van der Waals surface area contributed by atoms with Gasteiger partial charge in [-0.1, -0.05) is 62.7 Å². The number of aliphatic imine (C=N–C) groups is 1. The van der Waals surface area contributed by atoms with E-state index >= 15 is 0 Å². The van der Waals surface area contributed by atoms with Gasteiger partial charge in [0, 0.05) is 28.9 Å². The first-order valence-electron chi connectivity index (χ1n) is 16.5. The number of rotatable bonds is 12. The van der Waals surface area contributed by atoms with E-state index in [4.69, 9.17) is 27.1 Å². The van der Waals surface area contributed by atoms with Crippen LogP contribution in [0.3, 0.4) is 0 Å². The van der Waals surface area contributed by atoms with E-state index in [1.54, 1.807) is 42.7 Å². The van der Waals surface area contributed by atoms with Gasteiger partial charge < -0.3 is 10.5 Å². The fourth-order valence-corrected chi connectivity index (χ4v) is 6.86. The molecule has 0 spiro atoms. The summed E-state index contributed by atoms with van der Waals surface area (Å²) < 4.78 is 62.6. The van der Waals surface area contributed by atoms with Crippen molar-refractivity contribution in [2.45, 2.75) is 77.4 Å². The molecule has 0 saturated heterocycles. The van der Waals surface area contributed by atoms with Gasteiger partial charge >= 0.3 is 12.5 Å². The normalized spacial score (nSPS) is 19.2. The highest BCUT2D eigenvalue weighted by molar-refractivity contribution is 6.33. The highest BCUT2D eigenvalue weighted by Crippen LogP contribution is 2.59. The van der Waals surface area contributed by atoms with E-state index in [1.807, 2.05) is 20.8 Å². The zero-order chi connectivity index (χ0) is 37.6. The Kier molecular flexibility index (Phi) is 9.62. The molecule has 2 aliphatic rings. The summed E-state index contributed by atoms with van der Waals surface area (Å²) in [5.74, 6) is -4.51. The number of guanidine groups is 1. The van der Waals surface area contributed by atoms with Crippen molar-refractivity contribution in [2.24, 2.45) is 21.6 Å². The average molecular weight is 741 g/mol. The van der Waals surface area contributed by atoms with Crippen LogP contribution < -0.4 is 5.73 Å². The van der Waals surface area contributed by atoms with Crippen LogP contribution in [0.15, 0.2) is 72.2 Å². The van der Waals surface area contributed by atoms with Gasteiger partial charge in [0.15, 0.2) is 23.1 Å². The second-order valence-corrected chi connectivity index (χ2v) is 14.9. The minimum atomic E-state index is -3.10. The second kappa shape index (κ2) is 13.6. The van der Waals surface area contributed by atoms with Gasteiger partial charge in [0.05, 0.1) is 17.5 Å². The number of hydrogen-bond donors (Lipinski definition) is 1. The van der Waals surface area contributed by atoms with Gasteiger partial charge in [-0.2, -0.15) is 8.78 Å². The largest absolute Gasteiger partial charge is 0.463 e. The van der Waals surface area contributed by atoms with Crippen LogP contribution in [0.25, 0.3) is 22.8 Å². The van der Waals surface area contributed by atoms with Crippen molar-refractivity contribution in [3.63, 3.8) is 0 Å². The minimum Gasteiger partial charge on any atom is -0.463 e. The predicted octanol–water partition coefficient (Wildman–Crippen LogP) is 7.35. The summed E-state index contributed by atoms with van der Waals surface area (Å²) in [5.41, 5.74) is 4.66. The fraction of sp³-hybridized carbons (Fsp3) is 0.417.